The molecule has 0 unspecified atom stereocenters. The molecule has 1 rings (SSSR count). The molecule has 0 atom stereocenters. The van der Waals surface area contributed by atoms with Crippen LogP contribution in [0.4, 0.5) is 0 Å². The second kappa shape index (κ2) is 7.19. The molecule has 17 heavy (non-hydrogen) atoms. The zero-order valence-electron chi connectivity index (χ0n) is 9.68. The Morgan fingerprint density at radius 3 is 2.82 bits per heavy atom. The zero-order chi connectivity index (χ0) is 12.7. The van der Waals surface area contributed by atoms with Gasteiger partial charge in [-0.05, 0) is 29.9 Å². The standard InChI is InChI=1S/C12H16O4S/c1-16-11-4-3-9(7-10(11)12(14)15)8-17-6-2-5-13/h3-4,7,13H,2,5-6,8H2,1H3,(H,14,15). The van der Waals surface area contributed by atoms with Crippen LogP contribution in [-0.4, -0.2) is 35.7 Å². The molecular formula is C12H16O4S. The fourth-order valence-electron chi connectivity index (χ4n) is 1.37. The van der Waals surface area contributed by atoms with Crippen LogP contribution in [0.5, 0.6) is 5.75 Å². The summed E-state index contributed by atoms with van der Waals surface area (Å²) in [7, 11) is 1.46. The molecule has 5 heteroatoms. The Labute approximate surface area is 105 Å². The van der Waals surface area contributed by atoms with E-state index < -0.39 is 5.97 Å². The number of carbonyl (C=O) groups is 1. The number of aromatic carboxylic acids is 1. The van der Waals surface area contributed by atoms with Gasteiger partial charge in [-0.1, -0.05) is 6.07 Å². The molecule has 0 fully saturated rings. The molecule has 0 radical (unpaired) electrons. The first-order chi connectivity index (χ1) is 8.19. The zero-order valence-corrected chi connectivity index (χ0v) is 10.5. The van der Waals surface area contributed by atoms with Crippen LogP contribution < -0.4 is 4.74 Å². The Hall–Kier alpha value is -1.20. The number of hydrogen-bond donors (Lipinski definition) is 2. The Bertz CT molecular complexity index is 379. The van der Waals surface area contributed by atoms with Crippen LogP contribution in [0.3, 0.4) is 0 Å². The second-order valence-electron chi connectivity index (χ2n) is 3.47. The highest BCUT2D eigenvalue weighted by molar-refractivity contribution is 7.98. The van der Waals surface area contributed by atoms with Gasteiger partial charge in [0, 0.05) is 12.4 Å². The largest absolute Gasteiger partial charge is 0.496 e. The van der Waals surface area contributed by atoms with Crippen LogP contribution in [0.15, 0.2) is 18.2 Å². The molecule has 0 amide bonds. The number of rotatable bonds is 7. The maximum atomic E-state index is 11.0. The summed E-state index contributed by atoms with van der Waals surface area (Å²) >= 11 is 1.67. The lowest BCUT2D eigenvalue weighted by Crippen LogP contribution is -2.01. The van der Waals surface area contributed by atoms with Crippen molar-refractivity contribution in [3.8, 4) is 5.75 Å². The van der Waals surface area contributed by atoms with Crippen LogP contribution in [0.2, 0.25) is 0 Å². The molecule has 0 saturated heterocycles. The third-order valence-corrected chi connectivity index (χ3v) is 3.32. The molecule has 0 aromatic heterocycles. The monoisotopic (exact) mass is 256 g/mol. The summed E-state index contributed by atoms with van der Waals surface area (Å²) in [4.78, 5) is 11.0. The predicted octanol–water partition coefficient (Wildman–Crippen LogP) is 2.01. The van der Waals surface area contributed by atoms with E-state index in [0.717, 1.165) is 23.5 Å². The van der Waals surface area contributed by atoms with Crippen molar-refractivity contribution in [1.82, 2.24) is 0 Å². The van der Waals surface area contributed by atoms with Crippen molar-refractivity contribution >= 4 is 17.7 Å². The number of carboxylic acid groups (broad SMARTS) is 1. The van der Waals surface area contributed by atoms with Crippen LogP contribution >= 0.6 is 11.8 Å². The Morgan fingerprint density at radius 2 is 2.24 bits per heavy atom. The molecule has 0 bridgehead atoms. The van der Waals surface area contributed by atoms with Crippen molar-refractivity contribution in [2.75, 3.05) is 19.5 Å². The van der Waals surface area contributed by atoms with Crippen molar-refractivity contribution in [2.45, 2.75) is 12.2 Å². The third kappa shape index (κ3) is 4.28. The van der Waals surface area contributed by atoms with E-state index in [4.69, 9.17) is 14.9 Å². The van der Waals surface area contributed by atoms with Gasteiger partial charge in [-0.15, -0.1) is 0 Å². The molecule has 94 valence electrons. The molecule has 0 spiro atoms. The van der Waals surface area contributed by atoms with E-state index in [-0.39, 0.29) is 12.2 Å². The third-order valence-electron chi connectivity index (χ3n) is 2.21. The Kier molecular flexibility index (Phi) is 5.86. The molecule has 1 aromatic carbocycles. The fraction of sp³-hybridized carbons (Fsp3) is 0.417. The first-order valence-corrected chi connectivity index (χ1v) is 6.43. The molecule has 4 nitrogen and oxygen atoms in total. The van der Waals surface area contributed by atoms with Gasteiger partial charge in [-0.3, -0.25) is 0 Å². The van der Waals surface area contributed by atoms with Gasteiger partial charge in [0.25, 0.3) is 0 Å². The van der Waals surface area contributed by atoms with Crippen molar-refractivity contribution < 1.29 is 19.7 Å². The predicted molar refractivity (Wildman–Crippen MR) is 67.8 cm³/mol. The molecule has 1 aromatic rings. The van der Waals surface area contributed by atoms with E-state index >= 15 is 0 Å². The van der Waals surface area contributed by atoms with Gasteiger partial charge >= 0.3 is 5.97 Å². The van der Waals surface area contributed by atoms with Crippen LogP contribution in [0.25, 0.3) is 0 Å². The highest BCUT2D eigenvalue weighted by Gasteiger charge is 2.11. The summed E-state index contributed by atoms with van der Waals surface area (Å²) in [5.74, 6) is 1.00. The summed E-state index contributed by atoms with van der Waals surface area (Å²) in [6.45, 7) is 0.190. The summed E-state index contributed by atoms with van der Waals surface area (Å²) in [6, 6.07) is 5.16. The first kappa shape index (κ1) is 13.9. The fourth-order valence-corrected chi connectivity index (χ4v) is 2.26. The summed E-state index contributed by atoms with van der Waals surface area (Å²) in [5.41, 5.74) is 1.14. The van der Waals surface area contributed by atoms with Gasteiger partial charge < -0.3 is 14.9 Å². The summed E-state index contributed by atoms with van der Waals surface area (Å²) < 4.78 is 4.98. The number of benzene rings is 1. The smallest absolute Gasteiger partial charge is 0.339 e. The number of carboxylic acids is 1. The molecule has 2 N–H and O–H groups in total. The molecule has 0 saturated carbocycles. The van der Waals surface area contributed by atoms with Gasteiger partial charge in [-0.2, -0.15) is 11.8 Å². The van der Waals surface area contributed by atoms with Crippen LogP contribution in [0.1, 0.15) is 22.3 Å². The van der Waals surface area contributed by atoms with Gasteiger partial charge in [0.1, 0.15) is 11.3 Å². The van der Waals surface area contributed by atoms with E-state index in [2.05, 4.69) is 0 Å². The van der Waals surface area contributed by atoms with Gasteiger partial charge in [0.2, 0.25) is 0 Å². The van der Waals surface area contributed by atoms with Crippen molar-refractivity contribution in [2.24, 2.45) is 0 Å². The topological polar surface area (TPSA) is 66.8 Å². The van der Waals surface area contributed by atoms with Crippen molar-refractivity contribution in [1.29, 1.82) is 0 Å². The molecule has 0 heterocycles. The maximum absolute atomic E-state index is 11.0. The lowest BCUT2D eigenvalue weighted by Gasteiger charge is -2.07. The Balaban J connectivity index is 2.68. The highest BCUT2D eigenvalue weighted by Crippen LogP contribution is 2.22. The Morgan fingerprint density at radius 1 is 1.47 bits per heavy atom. The number of ether oxygens (including phenoxy) is 1. The van der Waals surface area contributed by atoms with E-state index in [1.165, 1.54) is 7.11 Å². The van der Waals surface area contributed by atoms with E-state index in [9.17, 15) is 4.79 Å². The van der Waals surface area contributed by atoms with Crippen LogP contribution in [-0.2, 0) is 5.75 Å². The SMILES string of the molecule is COc1ccc(CSCCCO)cc1C(=O)O. The highest BCUT2D eigenvalue weighted by atomic mass is 32.2. The lowest BCUT2D eigenvalue weighted by atomic mass is 10.1. The quantitative estimate of drug-likeness (QED) is 0.730. The van der Waals surface area contributed by atoms with E-state index in [1.807, 2.05) is 6.07 Å². The van der Waals surface area contributed by atoms with Crippen molar-refractivity contribution in [3.63, 3.8) is 0 Å². The van der Waals surface area contributed by atoms with Gasteiger partial charge in [-0.25, -0.2) is 4.79 Å². The minimum atomic E-state index is -0.982. The number of aliphatic hydroxyl groups excluding tert-OH is 1. The number of aliphatic hydroxyl groups is 1. The van der Waals surface area contributed by atoms with Gasteiger partial charge in [0.15, 0.2) is 0 Å². The summed E-state index contributed by atoms with van der Waals surface area (Å²) in [6.07, 6.45) is 0.757. The van der Waals surface area contributed by atoms with Crippen LogP contribution in [0, 0.1) is 0 Å². The average Bonchev–Trinajstić information content (AvgIpc) is 2.34. The van der Waals surface area contributed by atoms with Gasteiger partial charge in [0.05, 0.1) is 7.11 Å². The molecule has 0 aliphatic rings. The normalized spacial score (nSPS) is 10.2. The first-order valence-electron chi connectivity index (χ1n) is 5.28. The lowest BCUT2D eigenvalue weighted by molar-refractivity contribution is 0.0693. The van der Waals surface area contributed by atoms with E-state index in [0.29, 0.717) is 5.75 Å². The summed E-state index contributed by atoms with van der Waals surface area (Å²) in [5, 5.41) is 17.7. The minimum absolute atomic E-state index is 0.188. The number of methoxy groups -OCH3 is 1. The molecular weight excluding hydrogens is 240 g/mol. The van der Waals surface area contributed by atoms with E-state index in [1.54, 1.807) is 23.9 Å². The minimum Gasteiger partial charge on any atom is -0.496 e. The van der Waals surface area contributed by atoms with Crippen molar-refractivity contribution in [3.05, 3.63) is 29.3 Å². The number of hydrogen-bond acceptors (Lipinski definition) is 4. The maximum Gasteiger partial charge on any atom is 0.339 e. The number of thioether (sulfide) groups is 1. The second-order valence-corrected chi connectivity index (χ2v) is 4.57. The molecule has 0 aliphatic heterocycles. The average molecular weight is 256 g/mol. The molecule has 0 aliphatic carbocycles.